The van der Waals surface area contributed by atoms with Gasteiger partial charge in [0, 0.05) is 0 Å². The summed E-state index contributed by atoms with van der Waals surface area (Å²) in [5, 5.41) is 11.9. The molecule has 1 saturated heterocycles. The zero-order valence-corrected chi connectivity index (χ0v) is 12.9. The van der Waals surface area contributed by atoms with E-state index < -0.39 is 5.60 Å². The zero-order chi connectivity index (χ0) is 15.7. The molecule has 5 heteroatoms. The molecule has 1 fully saturated rings. The molecule has 0 radical (unpaired) electrons. The predicted molar refractivity (Wildman–Crippen MR) is 80.9 cm³/mol. The average molecular weight is 303 g/mol. The number of hydroxylamine groups is 2. The second-order valence-electron chi connectivity index (χ2n) is 6.06. The topological polar surface area (TPSA) is 59.0 Å². The molecule has 0 aromatic heterocycles. The summed E-state index contributed by atoms with van der Waals surface area (Å²) in [5.41, 5.74) is 1.13. The van der Waals surface area contributed by atoms with Crippen molar-refractivity contribution in [2.24, 2.45) is 5.92 Å². The SMILES string of the molecule is COc1ccc(CON2C[C@@H]([C@]3(O)C=C(C)CC3)C2=O)cc1. The molecule has 1 aromatic rings. The molecule has 0 saturated carbocycles. The van der Waals surface area contributed by atoms with Crippen LogP contribution in [0.2, 0.25) is 0 Å². The third kappa shape index (κ3) is 2.74. The van der Waals surface area contributed by atoms with E-state index in [9.17, 15) is 9.90 Å². The standard InChI is InChI=1S/C17H21NO4/c1-12-7-8-17(20,9-12)15-10-18(16(15)19)22-11-13-3-5-14(21-2)6-4-13/h3-6,9,15,20H,7-8,10-11H2,1-2H3/t15-,17-/m1/s1. The summed E-state index contributed by atoms with van der Waals surface area (Å²) in [6.45, 7) is 2.75. The van der Waals surface area contributed by atoms with E-state index in [1.807, 2.05) is 37.3 Å². The Bertz CT molecular complexity index is 595. The first kappa shape index (κ1) is 15.1. The second-order valence-corrected chi connectivity index (χ2v) is 6.06. The van der Waals surface area contributed by atoms with Gasteiger partial charge in [-0.1, -0.05) is 23.8 Å². The number of ether oxygens (including phenoxy) is 1. The molecule has 0 unspecified atom stereocenters. The largest absolute Gasteiger partial charge is 0.497 e. The van der Waals surface area contributed by atoms with Crippen molar-refractivity contribution >= 4 is 5.91 Å². The Morgan fingerprint density at radius 1 is 1.36 bits per heavy atom. The summed E-state index contributed by atoms with van der Waals surface area (Å²) >= 11 is 0. The number of β-lactam (4-membered cyclic amide) rings is 1. The van der Waals surface area contributed by atoms with E-state index >= 15 is 0 Å². The maximum absolute atomic E-state index is 12.2. The third-order valence-electron chi connectivity index (χ3n) is 4.46. The number of hydrogen-bond acceptors (Lipinski definition) is 4. The molecule has 3 rings (SSSR count). The molecule has 1 heterocycles. The molecule has 1 aromatic carbocycles. The smallest absolute Gasteiger partial charge is 0.254 e. The molecular weight excluding hydrogens is 282 g/mol. The molecular formula is C17H21NO4. The molecule has 0 bridgehead atoms. The van der Waals surface area contributed by atoms with Gasteiger partial charge in [-0.2, -0.15) is 0 Å². The molecule has 2 atom stereocenters. The van der Waals surface area contributed by atoms with E-state index in [1.54, 1.807) is 7.11 Å². The van der Waals surface area contributed by atoms with Gasteiger partial charge in [0.1, 0.15) is 12.4 Å². The molecule has 1 aliphatic heterocycles. The first-order chi connectivity index (χ1) is 10.5. The number of benzene rings is 1. The Balaban J connectivity index is 1.52. The van der Waals surface area contributed by atoms with Gasteiger partial charge in [-0.3, -0.25) is 9.63 Å². The van der Waals surface area contributed by atoms with Crippen LogP contribution in [0, 0.1) is 5.92 Å². The van der Waals surface area contributed by atoms with Crippen LogP contribution in [0.25, 0.3) is 0 Å². The summed E-state index contributed by atoms with van der Waals surface area (Å²) in [6, 6.07) is 7.51. The molecule has 22 heavy (non-hydrogen) atoms. The quantitative estimate of drug-likeness (QED) is 0.668. The van der Waals surface area contributed by atoms with E-state index in [0.717, 1.165) is 23.3 Å². The predicted octanol–water partition coefficient (Wildman–Crippen LogP) is 2.06. The summed E-state index contributed by atoms with van der Waals surface area (Å²) in [5.74, 6) is 0.275. The zero-order valence-electron chi connectivity index (χ0n) is 12.9. The Labute approximate surface area is 130 Å². The van der Waals surface area contributed by atoms with E-state index in [0.29, 0.717) is 19.6 Å². The fourth-order valence-corrected chi connectivity index (χ4v) is 3.00. The maximum Gasteiger partial charge on any atom is 0.254 e. The van der Waals surface area contributed by atoms with Gasteiger partial charge in [0.2, 0.25) is 0 Å². The van der Waals surface area contributed by atoms with Crippen molar-refractivity contribution in [2.75, 3.05) is 13.7 Å². The van der Waals surface area contributed by atoms with Crippen LogP contribution in [0.5, 0.6) is 5.75 Å². The van der Waals surface area contributed by atoms with Crippen molar-refractivity contribution in [2.45, 2.75) is 32.0 Å². The van der Waals surface area contributed by atoms with Gasteiger partial charge < -0.3 is 9.84 Å². The highest BCUT2D eigenvalue weighted by atomic mass is 16.7. The number of amides is 1. The van der Waals surface area contributed by atoms with E-state index in [4.69, 9.17) is 9.57 Å². The Kier molecular flexibility index (Phi) is 3.93. The molecule has 1 N–H and O–H groups in total. The number of hydrogen-bond donors (Lipinski definition) is 1. The minimum atomic E-state index is -0.985. The van der Waals surface area contributed by atoms with Crippen molar-refractivity contribution in [1.29, 1.82) is 0 Å². The van der Waals surface area contributed by atoms with Crippen molar-refractivity contribution < 1.29 is 19.5 Å². The number of allylic oxidation sites excluding steroid dienone is 1. The molecule has 5 nitrogen and oxygen atoms in total. The first-order valence-electron chi connectivity index (χ1n) is 7.50. The minimum absolute atomic E-state index is 0.137. The lowest BCUT2D eigenvalue weighted by Crippen LogP contribution is -2.60. The summed E-state index contributed by atoms with van der Waals surface area (Å²) in [4.78, 5) is 17.7. The number of nitrogens with zero attached hydrogens (tertiary/aromatic N) is 1. The van der Waals surface area contributed by atoms with Crippen molar-refractivity contribution in [3.8, 4) is 5.75 Å². The van der Waals surface area contributed by atoms with E-state index in [1.165, 1.54) is 5.06 Å². The van der Waals surface area contributed by atoms with Gasteiger partial charge >= 0.3 is 0 Å². The molecule has 1 aliphatic carbocycles. The second kappa shape index (κ2) is 5.74. The van der Waals surface area contributed by atoms with Gasteiger partial charge in [-0.05, 0) is 37.5 Å². The minimum Gasteiger partial charge on any atom is -0.497 e. The Morgan fingerprint density at radius 2 is 2.09 bits per heavy atom. The first-order valence-corrected chi connectivity index (χ1v) is 7.50. The summed E-state index contributed by atoms with van der Waals surface area (Å²) in [6.07, 6.45) is 3.31. The number of rotatable bonds is 5. The van der Waals surface area contributed by atoms with Crippen molar-refractivity contribution in [3.63, 3.8) is 0 Å². The van der Waals surface area contributed by atoms with Crippen LogP contribution in [-0.4, -0.2) is 35.3 Å². The van der Waals surface area contributed by atoms with Crippen molar-refractivity contribution in [1.82, 2.24) is 5.06 Å². The number of carbonyl (C=O) groups is 1. The van der Waals surface area contributed by atoms with Crippen LogP contribution < -0.4 is 4.74 Å². The normalized spacial score (nSPS) is 27.6. The fraction of sp³-hybridized carbons (Fsp3) is 0.471. The highest BCUT2D eigenvalue weighted by molar-refractivity contribution is 5.85. The number of methoxy groups -OCH3 is 1. The van der Waals surface area contributed by atoms with Crippen LogP contribution >= 0.6 is 0 Å². The third-order valence-corrected chi connectivity index (χ3v) is 4.46. The van der Waals surface area contributed by atoms with E-state index in [2.05, 4.69) is 0 Å². The highest BCUT2D eigenvalue weighted by Gasteiger charge is 2.51. The summed E-state index contributed by atoms with van der Waals surface area (Å²) < 4.78 is 5.10. The fourth-order valence-electron chi connectivity index (χ4n) is 3.00. The molecule has 118 valence electrons. The lowest BCUT2D eigenvalue weighted by atomic mass is 9.81. The lowest BCUT2D eigenvalue weighted by Gasteiger charge is -2.43. The molecule has 0 spiro atoms. The van der Waals surface area contributed by atoms with Crippen LogP contribution in [0.1, 0.15) is 25.3 Å². The highest BCUT2D eigenvalue weighted by Crippen LogP contribution is 2.39. The molecule has 2 aliphatic rings. The Hall–Kier alpha value is -1.85. The van der Waals surface area contributed by atoms with Crippen LogP contribution in [0.15, 0.2) is 35.9 Å². The van der Waals surface area contributed by atoms with E-state index in [-0.39, 0.29) is 11.8 Å². The van der Waals surface area contributed by atoms with Crippen molar-refractivity contribution in [3.05, 3.63) is 41.5 Å². The van der Waals surface area contributed by atoms with Gasteiger partial charge in [0.15, 0.2) is 0 Å². The van der Waals surface area contributed by atoms with Gasteiger partial charge in [-0.25, -0.2) is 5.06 Å². The average Bonchev–Trinajstić information content (AvgIpc) is 2.86. The lowest BCUT2D eigenvalue weighted by molar-refractivity contribution is -0.238. The van der Waals surface area contributed by atoms with Gasteiger partial charge in [-0.15, -0.1) is 0 Å². The number of carbonyl (C=O) groups excluding carboxylic acids is 1. The summed E-state index contributed by atoms with van der Waals surface area (Å²) in [7, 11) is 1.62. The van der Waals surface area contributed by atoms with Crippen LogP contribution in [0.4, 0.5) is 0 Å². The Morgan fingerprint density at radius 3 is 2.64 bits per heavy atom. The monoisotopic (exact) mass is 303 g/mol. The van der Waals surface area contributed by atoms with Gasteiger partial charge in [0.05, 0.1) is 25.2 Å². The van der Waals surface area contributed by atoms with Crippen LogP contribution in [0.3, 0.4) is 0 Å². The number of aliphatic hydroxyl groups is 1. The molecule has 1 amide bonds. The maximum atomic E-state index is 12.2. The van der Waals surface area contributed by atoms with Gasteiger partial charge in [0.25, 0.3) is 5.91 Å². The van der Waals surface area contributed by atoms with Crippen LogP contribution in [-0.2, 0) is 16.2 Å².